The summed E-state index contributed by atoms with van der Waals surface area (Å²) in [6, 6.07) is 6.22. The van der Waals surface area contributed by atoms with Crippen LogP contribution in [0.4, 0.5) is 0 Å². The van der Waals surface area contributed by atoms with Gasteiger partial charge in [-0.3, -0.25) is 4.99 Å². The number of benzene rings is 1. The van der Waals surface area contributed by atoms with Gasteiger partial charge in [-0.25, -0.2) is 0 Å². The maximum absolute atomic E-state index is 5.41. The average Bonchev–Trinajstić information content (AvgIpc) is 2.57. The Labute approximate surface area is 163 Å². The lowest BCUT2D eigenvalue weighted by atomic mass is 10.1. The van der Waals surface area contributed by atoms with Gasteiger partial charge in [0, 0.05) is 20.1 Å². The minimum Gasteiger partial charge on any atom is -0.493 e. The number of methoxy groups -OCH3 is 2. The van der Waals surface area contributed by atoms with E-state index in [9.17, 15) is 0 Å². The highest BCUT2D eigenvalue weighted by molar-refractivity contribution is 14.0. The Morgan fingerprint density at radius 3 is 2.33 bits per heavy atom. The zero-order valence-electron chi connectivity index (χ0n) is 15.5. The lowest BCUT2D eigenvalue weighted by Gasteiger charge is -2.26. The Kier molecular flexibility index (Phi) is 11.6. The summed E-state index contributed by atoms with van der Waals surface area (Å²) < 4.78 is 10.7. The van der Waals surface area contributed by atoms with Crippen LogP contribution in [-0.2, 0) is 0 Å². The Bertz CT molecular complexity index is 509. The van der Waals surface area contributed by atoms with E-state index in [1.807, 2.05) is 12.1 Å². The first kappa shape index (κ1) is 22.8. The Balaban J connectivity index is 0.00000529. The smallest absolute Gasteiger partial charge is 0.191 e. The number of aliphatic imine (C=N–C) groups is 1. The minimum atomic E-state index is 0. The largest absolute Gasteiger partial charge is 0.493 e. The molecule has 1 unspecified atom stereocenters. The van der Waals surface area contributed by atoms with Crippen molar-refractivity contribution in [3.8, 4) is 11.5 Å². The van der Waals surface area contributed by atoms with Crippen molar-refractivity contribution in [2.45, 2.75) is 19.4 Å². The molecule has 0 radical (unpaired) electrons. The van der Waals surface area contributed by atoms with E-state index in [-0.39, 0.29) is 30.0 Å². The van der Waals surface area contributed by atoms with Crippen LogP contribution < -0.4 is 20.1 Å². The molecule has 1 aromatic carbocycles. The monoisotopic (exact) mass is 450 g/mol. The SMILES string of the molecule is CCCNC(=NC)NCC(c1ccc(OC)c(OC)c1)N(C)C.I. The second-order valence-corrected chi connectivity index (χ2v) is 5.47. The van der Waals surface area contributed by atoms with E-state index in [1.165, 1.54) is 0 Å². The number of hydrogen-bond donors (Lipinski definition) is 2. The van der Waals surface area contributed by atoms with Crippen molar-refractivity contribution < 1.29 is 9.47 Å². The zero-order chi connectivity index (χ0) is 17.2. The van der Waals surface area contributed by atoms with E-state index in [0.29, 0.717) is 0 Å². The molecular formula is C17H31IN4O2. The molecule has 138 valence electrons. The first-order chi connectivity index (χ1) is 11.1. The molecule has 1 aromatic rings. The third-order valence-electron chi connectivity index (χ3n) is 3.64. The summed E-state index contributed by atoms with van der Waals surface area (Å²) in [5, 5.41) is 6.66. The van der Waals surface area contributed by atoms with Gasteiger partial charge in [0.1, 0.15) is 0 Å². The molecular weight excluding hydrogens is 419 g/mol. The molecule has 0 aliphatic carbocycles. The molecule has 1 atom stereocenters. The van der Waals surface area contributed by atoms with Crippen LogP contribution in [-0.4, -0.2) is 59.3 Å². The van der Waals surface area contributed by atoms with E-state index in [0.717, 1.165) is 42.5 Å². The van der Waals surface area contributed by atoms with Gasteiger partial charge in [0.05, 0.1) is 20.3 Å². The number of ether oxygens (including phenoxy) is 2. The molecule has 0 saturated carbocycles. The molecule has 0 saturated heterocycles. The fraction of sp³-hybridized carbons (Fsp3) is 0.588. The van der Waals surface area contributed by atoms with Gasteiger partial charge in [-0.15, -0.1) is 24.0 Å². The summed E-state index contributed by atoms with van der Waals surface area (Å²) in [4.78, 5) is 6.41. The molecule has 2 N–H and O–H groups in total. The third-order valence-corrected chi connectivity index (χ3v) is 3.64. The van der Waals surface area contributed by atoms with E-state index < -0.39 is 0 Å². The third kappa shape index (κ3) is 6.72. The standard InChI is InChI=1S/C17H30N4O2.HI/c1-7-10-19-17(18-2)20-12-14(21(3)4)13-8-9-15(22-5)16(11-13)23-6;/h8-9,11,14H,7,10,12H2,1-6H3,(H2,18,19,20);1H. The number of guanidine groups is 1. The number of likely N-dealkylation sites (N-methyl/N-ethyl adjacent to an activating group) is 1. The predicted molar refractivity (Wildman–Crippen MR) is 111 cm³/mol. The Morgan fingerprint density at radius 2 is 1.83 bits per heavy atom. The van der Waals surface area contributed by atoms with Gasteiger partial charge in [0.25, 0.3) is 0 Å². The maximum Gasteiger partial charge on any atom is 0.191 e. The highest BCUT2D eigenvalue weighted by Gasteiger charge is 2.17. The minimum absolute atomic E-state index is 0. The number of halogens is 1. The van der Waals surface area contributed by atoms with Gasteiger partial charge in [-0.1, -0.05) is 13.0 Å². The highest BCUT2D eigenvalue weighted by Crippen LogP contribution is 2.31. The summed E-state index contributed by atoms with van der Waals surface area (Å²) in [6.45, 7) is 3.78. The van der Waals surface area contributed by atoms with Crippen LogP contribution in [0.5, 0.6) is 11.5 Å². The van der Waals surface area contributed by atoms with E-state index >= 15 is 0 Å². The van der Waals surface area contributed by atoms with Crippen LogP contribution in [0.1, 0.15) is 24.9 Å². The summed E-state index contributed by atoms with van der Waals surface area (Å²) in [5.41, 5.74) is 1.16. The summed E-state index contributed by atoms with van der Waals surface area (Å²) in [7, 11) is 9.20. The van der Waals surface area contributed by atoms with Gasteiger partial charge in [-0.2, -0.15) is 0 Å². The zero-order valence-corrected chi connectivity index (χ0v) is 17.9. The fourth-order valence-electron chi connectivity index (χ4n) is 2.32. The maximum atomic E-state index is 5.41. The van der Waals surface area contributed by atoms with Crippen LogP contribution in [0.3, 0.4) is 0 Å². The van der Waals surface area contributed by atoms with Gasteiger partial charge in [0.2, 0.25) is 0 Å². The molecule has 0 aromatic heterocycles. The van der Waals surface area contributed by atoms with Gasteiger partial charge < -0.3 is 25.0 Å². The Morgan fingerprint density at radius 1 is 1.17 bits per heavy atom. The molecule has 7 heteroatoms. The van der Waals surface area contributed by atoms with Crippen molar-refractivity contribution in [2.24, 2.45) is 4.99 Å². The lowest BCUT2D eigenvalue weighted by Crippen LogP contribution is -2.42. The molecule has 1 rings (SSSR count). The van der Waals surface area contributed by atoms with Gasteiger partial charge >= 0.3 is 0 Å². The van der Waals surface area contributed by atoms with E-state index in [4.69, 9.17) is 9.47 Å². The van der Waals surface area contributed by atoms with Crippen LogP contribution in [0.25, 0.3) is 0 Å². The lowest BCUT2D eigenvalue weighted by molar-refractivity contribution is 0.295. The van der Waals surface area contributed by atoms with Crippen molar-refractivity contribution in [1.82, 2.24) is 15.5 Å². The second-order valence-electron chi connectivity index (χ2n) is 5.47. The molecule has 24 heavy (non-hydrogen) atoms. The van der Waals surface area contributed by atoms with Gasteiger partial charge in [-0.05, 0) is 38.2 Å². The summed E-state index contributed by atoms with van der Waals surface area (Å²) in [5.74, 6) is 2.30. The van der Waals surface area contributed by atoms with Crippen LogP contribution in [0.2, 0.25) is 0 Å². The van der Waals surface area contributed by atoms with Crippen molar-refractivity contribution in [3.63, 3.8) is 0 Å². The molecule has 0 aliphatic heterocycles. The molecule has 0 amide bonds. The predicted octanol–water partition coefficient (Wildman–Crippen LogP) is 2.50. The first-order valence-corrected chi connectivity index (χ1v) is 7.90. The average molecular weight is 450 g/mol. The number of nitrogens with one attached hydrogen (secondary N) is 2. The fourth-order valence-corrected chi connectivity index (χ4v) is 2.32. The van der Waals surface area contributed by atoms with E-state index in [2.05, 4.69) is 47.6 Å². The topological polar surface area (TPSA) is 58.1 Å². The number of hydrogen-bond acceptors (Lipinski definition) is 4. The van der Waals surface area contributed by atoms with Crippen LogP contribution in [0, 0.1) is 0 Å². The first-order valence-electron chi connectivity index (χ1n) is 7.90. The van der Waals surface area contributed by atoms with Crippen molar-refractivity contribution >= 4 is 29.9 Å². The summed E-state index contributed by atoms with van der Waals surface area (Å²) >= 11 is 0. The van der Waals surface area contributed by atoms with Crippen molar-refractivity contribution in [1.29, 1.82) is 0 Å². The highest BCUT2D eigenvalue weighted by atomic mass is 127. The second kappa shape index (κ2) is 12.2. The molecule has 0 bridgehead atoms. The number of rotatable bonds is 8. The van der Waals surface area contributed by atoms with Crippen molar-refractivity contribution in [2.75, 3.05) is 48.5 Å². The molecule has 0 fully saturated rings. The summed E-state index contributed by atoms with van der Waals surface area (Å²) in [6.07, 6.45) is 1.06. The molecule has 0 aliphatic rings. The quantitative estimate of drug-likeness (QED) is 0.362. The van der Waals surface area contributed by atoms with Crippen LogP contribution >= 0.6 is 24.0 Å². The van der Waals surface area contributed by atoms with Gasteiger partial charge in [0.15, 0.2) is 17.5 Å². The Hall–Kier alpha value is -1.22. The van der Waals surface area contributed by atoms with Crippen molar-refractivity contribution in [3.05, 3.63) is 23.8 Å². The van der Waals surface area contributed by atoms with Crippen LogP contribution in [0.15, 0.2) is 23.2 Å². The molecule has 6 nitrogen and oxygen atoms in total. The molecule has 0 spiro atoms. The molecule has 0 heterocycles. The number of nitrogens with zero attached hydrogens (tertiary/aromatic N) is 2. The normalized spacial score (nSPS) is 12.4. The van der Waals surface area contributed by atoms with E-state index in [1.54, 1.807) is 21.3 Å².